The molecule has 0 bridgehead atoms. The van der Waals surface area contributed by atoms with Gasteiger partial charge in [-0.3, -0.25) is 4.79 Å². The molecule has 0 aliphatic carbocycles. The van der Waals surface area contributed by atoms with Crippen LogP contribution in [0.2, 0.25) is 0 Å². The number of aliphatic hydroxyl groups is 1. The molecule has 1 atom stereocenters. The van der Waals surface area contributed by atoms with Crippen LogP contribution in [0.25, 0.3) is 0 Å². The number of carbonyl (C=O) groups is 1. The largest absolute Gasteiger partial charge is 0.466 e. The van der Waals surface area contributed by atoms with Crippen LogP contribution in [0.15, 0.2) is 0 Å². The van der Waals surface area contributed by atoms with Crippen LogP contribution >= 0.6 is 0 Å². The van der Waals surface area contributed by atoms with Crippen molar-refractivity contribution in [2.45, 2.75) is 25.9 Å². The molecule has 0 aliphatic rings. The van der Waals surface area contributed by atoms with E-state index in [1.807, 2.05) is 0 Å². The van der Waals surface area contributed by atoms with Crippen LogP contribution in [0.1, 0.15) is 19.8 Å². The second kappa shape index (κ2) is 8.54. The molecular weight excluding hydrogens is 182 g/mol. The van der Waals surface area contributed by atoms with Gasteiger partial charge in [-0.2, -0.15) is 0 Å². The highest BCUT2D eigenvalue weighted by Crippen LogP contribution is 1.93. The molecule has 0 fully saturated rings. The van der Waals surface area contributed by atoms with Gasteiger partial charge in [-0.05, 0) is 6.92 Å². The fourth-order valence-electron chi connectivity index (χ4n) is 0.914. The number of rotatable bonds is 7. The molecule has 0 aromatic carbocycles. The van der Waals surface area contributed by atoms with Gasteiger partial charge in [0.2, 0.25) is 0 Å². The zero-order chi connectivity index (χ0) is 10.8. The van der Waals surface area contributed by atoms with Crippen LogP contribution in [-0.4, -0.2) is 36.9 Å². The van der Waals surface area contributed by atoms with E-state index in [1.165, 1.54) is 0 Å². The molecule has 0 aliphatic heterocycles. The van der Waals surface area contributed by atoms with Crippen LogP contribution in [0, 0.1) is 12.3 Å². The predicted octanol–water partition coefficient (Wildman–Crippen LogP) is -0.0866. The summed E-state index contributed by atoms with van der Waals surface area (Å²) in [5, 5.41) is 12.3. The third kappa shape index (κ3) is 7.59. The molecule has 0 heterocycles. The quantitative estimate of drug-likeness (QED) is 0.342. The normalized spacial score (nSPS) is 11.8. The lowest BCUT2D eigenvalue weighted by Gasteiger charge is -2.09. The van der Waals surface area contributed by atoms with Gasteiger partial charge < -0.3 is 15.2 Å². The Kier molecular flexibility index (Phi) is 7.90. The third-order valence-electron chi connectivity index (χ3n) is 1.53. The number of esters is 1. The summed E-state index contributed by atoms with van der Waals surface area (Å²) >= 11 is 0. The second-order valence-electron chi connectivity index (χ2n) is 2.82. The fraction of sp³-hybridized carbons (Fsp3) is 0.700. The third-order valence-corrected chi connectivity index (χ3v) is 1.53. The van der Waals surface area contributed by atoms with Gasteiger partial charge in [0.15, 0.2) is 0 Å². The maximum Gasteiger partial charge on any atom is 0.308 e. The minimum atomic E-state index is -0.702. The molecule has 0 saturated heterocycles. The van der Waals surface area contributed by atoms with Crippen molar-refractivity contribution in [1.82, 2.24) is 5.32 Å². The number of nitrogens with one attached hydrogen (secondary N) is 1. The molecule has 80 valence electrons. The molecule has 0 spiro atoms. The Morgan fingerprint density at radius 1 is 1.71 bits per heavy atom. The first kappa shape index (κ1) is 12.9. The molecule has 2 N–H and O–H groups in total. The van der Waals surface area contributed by atoms with Gasteiger partial charge in [-0.15, -0.1) is 12.3 Å². The number of hydrogen-bond donors (Lipinski definition) is 2. The minimum Gasteiger partial charge on any atom is -0.466 e. The number of ether oxygens (including phenoxy) is 1. The van der Waals surface area contributed by atoms with Crippen LogP contribution in [0.3, 0.4) is 0 Å². The zero-order valence-electron chi connectivity index (χ0n) is 8.45. The van der Waals surface area contributed by atoms with Crippen molar-refractivity contribution in [1.29, 1.82) is 0 Å². The molecular formula is C10H17NO3. The van der Waals surface area contributed by atoms with Gasteiger partial charge in [-0.25, -0.2) is 0 Å². The highest BCUT2D eigenvalue weighted by Gasteiger charge is 2.10. The molecule has 0 aromatic heterocycles. The molecule has 4 heteroatoms. The maximum absolute atomic E-state index is 10.9. The lowest BCUT2D eigenvalue weighted by atomic mass is 10.2. The van der Waals surface area contributed by atoms with Crippen LogP contribution < -0.4 is 5.32 Å². The van der Waals surface area contributed by atoms with Gasteiger partial charge in [-0.1, -0.05) is 0 Å². The van der Waals surface area contributed by atoms with E-state index >= 15 is 0 Å². The Labute approximate surface area is 84.6 Å². The summed E-state index contributed by atoms with van der Waals surface area (Å²) in [6, 6.07) is 0. The van der Waals surface area contributed by atoms with E-state index in [9.17, 15) is 9.90 Å². The summed E-state index contributed by atoms with van der Waals surface area (Å²) in [7, 11) is 0. The summed E-state index contributed by atoms with van der Waals surface area (Å²) in [5.74, 6) is 2.09. The van der Waals surface area contributed by atoms with E-state index in [4.69, 9.17) is 6.42 Å². The molecule has 0 saturated carbocycles. The van der Waals surface area contributed by atoms with Gasteiger partial charge in [0, 0.05) is 19.5 Å². The maximum atomic E-state index is 10.9. The monoisotopic (exact) mass is 199 g/mol. The molecule has 14 heavy (non-hydrogen) atoms. The molecule has 1 unspecified atom stereocenters. The second-order valence-corrected chi connectivity index (χ2v) is 2.82. The molecule has 0 rings (SSSR count). The lowest BCUT2D eigenvalue weighted by Crippen LogP contribution is -2.29. The van der Waals surface area contributed by atoms with Crippen LogP contribution in [0.4, 0.5) is 0 Å². The number of aliphatic hydroxyl groups excluding tert-OH is 1. The molecule has 0 aromatic rings. The Morgan fingerprint density at radius 3 is 3.00 bits per heavy atom. The fourth-order valence-corrected chi connectivity index (χ4v) is 0.914. The highest BCUT2D eigenvalue weighted by molar-refractivity contribution is 5.69. The van der Waals surface area contributed by atoms with E-state index in [0.717, 1.165) is 0 Å². The van der Waals surface area contributed by atoms with Crippen molar-refractivity contribution in [3.63, 3.8) is 0 Å². The first-order valence-electron chi connectivity index (χ1n) is 4.68. The number of carbonyl (C=O) groups excluding carboxylic acids is 1. The van der Waals surface area contributed by atoms with Crippen molar-refractivity contribution >= 4 is 5.97 Å². The Balaban J connectivity index is 3.41. The summed E-state index contributed by atoms with van der Waals surface area (Å²) in [6.07, 6.45) is 4.98. The standard InChI is InChI=1S/C10H17NO3/c1-3-5-6-11-8-9(12)7-10(13)14-4-2/h1,9,11-12H,4-8H2,2H3. The first-order valence-corrected chi connectivity index (χ1v) is 4.68. The van der Waals surface area contributed by atoms with Crippen molar-refractivity contribution in [3.05, 3.63) is 0 Å². The summed E-state index contributed by atoms with van der Waals surface area (Å²) in [5.41, 5.74) is 0. The van der Waals surface area contributed by atoms with Gasteiger partial charge in [0.25, 0.3) is 0 Å². The summed E-state index contributed by atoms with van der Waals surface area (Å²) in [6.45, 7) is 3.09. The van der Waals surface area contributed by atoms with E-state index < -0.39 is 6.10 Å². The predicted molar refractivity (Wildman–Crippen MR) is 53.6 cm³/mol. The Hall–Kier alpha value is -1.05. The molecule has 4 nitrogen and oxygen atoms in total. The van der Waals surface area contributed by atoms with Gasteiger partial charge in [0.1, 0.15) is 0 Å². The lowest BCUT2D eigenvalue weighted by molar-refractivity contribution is -0.145. The summed E-state index contributed by atoms with van der Waals surface area (Å²) < 4.78 is 4.68. The minimum absolute atomic E-state index is 0.0247. The van der Waals surface area contributed by atoms with Crippen molar-refractivity contribution in [2.75, 3.05) is 19.7 Å². The van der Waals surface area contributed by atoms with E-state index in [-0.39, 0.29) is 12.4 Å². The summed E-state index contributed by atoms with van der Waals surface area (Å²) in [4.78, 5) is 10.9. The smallest absolute Gasteiger partial charge is 0.308 e. The number of terminal acetylenes is 1. The highest BCUT2D eigenvalue weighted by atomic mass is 16.5. The van der Waals surface area contributed by atoms with Crippen molar-refractivity contribution in [3.8, 4) is 12.3 Å². The van der Waals surface area contributed by atoms with Crippen molar-refractivity contribution < 1.29 is 14.6 Å². The zero-order valence-corrected chi connectivity index (χ0v) is 8.45. The number of hydrogen-bond acceptors (Lipinski definition) is 4. The Morgan fingerprint density at radius 2 is 2.43 bits per heavy atom. The molecule has 0 radical (unpaired) electrons. The van der Waals surface area contributed by atoms with E-state index in [0.29, 0.717) is 26.1 Å². The van der Waals surface area contributed by atoms with Gasteiger partial charge in [0.05, 0.1) is 19.1 Å². The average molecular weight is 199 g/mol. The van der Waals surface area contributed by atoms with E-state index in [1.54, 1.807) is 6.92 Å². The Bertz CT molecular complexity index is 198. The average Bonchev–Trinajstić information content (AvgIpc) is 2.13. The van der Waals surface area contributed by atoms with E-state index in [2.05, 4.69) is 16.0 Å². The van der Waals surface area contributed by atoms with Crippen molar-refractivity contribution in [2.24, 2.45) is 0 Å². The SMILES string of the molecule is C#CCCNCC(O)CC(=O)OCC. The van der Waals surface area contributed by atoms with Crippen LogP contribution in [0.5, 0.6) is 0 Å². The molecule has 0 amide bonds. The topological polar surface area (TPSA) is 58.6 Å². The first-order chi connectivity index (χ1) is 6.70. The van der Waals surface area contributed by atoms with Crippen LogP contribution in [-0.2, 0) is 9.53 Å². The van der Waals surface area contributed by atoms with Gasteiger partial charge >= 0.3 is 5.97 Å².